The molecule has 0 saturated carbocycles. The second-order valence-corrected chi connectivity index (χ2v) is 3.02. The monoisotopic (exact) mass is 143 g/mol. The van der Waals surface area contributed by atoms with Crippen molar-refractivity contribution in [3.05, 3.63) is 0 Å². The van der Waals surface area contributed by atoms with Crippen LogP contribution in [0.2, 0.25) is 0 Å². The molecule has 0 bridgehead atoms. The Labute approximate surface area is 63.0 Å². The van der Waals surface area contributed by atoms with Gasteiger partial charge in [-0.05, 0) is 26.3 Å². The fourth-order valence-electron chi connectivity index (χ4n) is 1.62. The Morgan fingerprint density at radius 3 is 2.80 bits per heavy atom. The lowest BCUT2D eigenvalue weighted by atomic mass is 9.97. The first kappa shape index (κ1) is 8.02. The molecule has 0 amide bonds. The van der Waals surface area contributed by atoms with Crippen molar-refractivity contribution in [2.75, 3.05) is 20.2 Å². The van der Waals surface area contributed by atoms with Gasteiger partial charge in [0.05, 0.1) is 5.60 Å². The molecule has 10 heavy (non-hydrogen) atoms. The van der Waals surface area contributed by atoms with Crippen molar-refractivity contribution in [3.8, 4) is 0 Å². The van der Waals surface area contributed by atoms with E-state index in [4.69, 9.17) is 4.74 Å². The standard InChI is InChI=1S/C8H17NO/c1-3-8(7-9-2)5-4-6-10-8/h9H,3-7H2,1-2H3. The third kappa shape index (κ3) is 1.50. The molecule has 0 aliphatic carbocycles. The quantitative estimate of drug-likeness (QED) is 0.640. The Balaban J connectivity index is 2.41. The maximum absolute atomic E-state index is 5.67. The highest BCUT2D eigenvalue weighted by Crippen LogP contribution is 2.27. The van der Waals surface area contributed by atoms with Crippen molar-refractivity contribution in [3.63, 3.8) is 0 Å². The van der Waals surface area contributed by atoms with E-state index in [0.29, 0.717) is 0 Å². The van der Waals surface area contributed by atoms with Gasteiger partial charge < -0.3 is 10.1 Å². The molecular weight excluding hydrogens is 126 g/mol. The van der Waals surface area contributed by atoms with Crippen molar-refractivity contribution in [1.29, 1.82) is 0 Å². The Morgan fingerprint density at radius 1 is 1.60 bits per heavy atom. The molecule has 1 rings (SSSR count). The third-order valence-electron chi connectivity index (χ3n) is 2.33. The van der Waals surface area contributed by atoms with E-state index in [1.807, 2.05) is 7.05 Å². The van der Waals surface area contributed by atoms with Crippen molar-refractivity contribution in [2.24, 2.45) is 0 Å². The van der Waals surface area contributed by atoms with Crippen LogP contribution in [-0.2, 0) is 4.74 Å². The van der Waals surface area contributed by atoms with Gasteiger partial charge in [0, 0.05) is 13.2 Å². The smallest absolute Gasteiger partial charge is 0.0804 e. The summed E-state index contributed by atoms with van der Waals surface area (Å²) in [5, 5.41) is 3.18. The molecular formula is C8H17NO. The van der Waals surface area contributed by atoms with Crippen molar-refractivity contribution >= 4 is 0 Å². The molecule has 1 atom stereocenters. The molecule has 0 radical (unpaired) electrons. The molecule has 2 heteroatoms. The molecule has 0 spiro atoms. The summed E-state index contributed by atoms with van der Waals surface area (Å²) in [4.78, 5) is 0. The lowest BCUT2D eigenvalue weighted by Gasteiger charge is -2.26. The minimum atomic E-state index is 0.175. The predicted octanol–water partition coefficient (Wildman–Crippen LogP) is 1.17. The van der Waals surface area contributed by atoms with E-state index in [-0.39, 0.29) is 5.60 Å². The average Bonchev–Trinajstić information content (AvgIpc) is 2.39. The fourth-order valence-corrected chi connectivity index (χ4v) is 1.62. The van der Waals surface area contributed by atoms with Crippen LogP contribution in [0.5, 0.6) is 0 Å². The molecule has 0 aromatic rings. The van der Waals surface area contributed by atoms with Crippen LogP contribution in [0, 0.1) is 0 Å². The number of ether oxygens (including phenoxy) is 1. The Kier molecular flexibility index (Phi) is 2.69. The number of hydrogen-bond acceptors (Lipinski definition) is 2. The second-order valence-electron chi connectivity index (χ2n) is 3.02. The van der Waals surface area contributed by atoms with Gasteiger partial charge in [0.15, 0.2) is 0 Å². The predicted molar refractivity (Wildman–Crippen MR) is 42.1 cm³/mol. The van der Waals surface area contributed by atoms with Gasteiger partial charge in [0.1, 0.15) is 0 Å². The molecule has 60 valence electrons. The molecule has 2 nitrogen and oxygen atoms in total. The summed E-state index contributed by atoms with van der Waals surface area (Å²) >= 11 is 0. The van der Waals surface area contributed by atoms with E-state index in [2.05, 4.69) is 12.2 Å². The first-order valence-corrected chi connectivity index (χ1v) is 4.11. The van der Waals surface area contributed by atoms with Crippen molar-refractivity contribution in [2.45, 2.75) is 31.8 Å². The van der Waals surface area contributed by atoms with Gasteiger partial charge in [-0.2, -0.15) is 0 Å². The minimum absolute atomic E-state index is 0.175. The molecule has 1 unspecified atom stereocenters. The zero-order valence-electron chi connectivity index (χ0n) is 6.94. The second kappa shape index (κ2) is 3.35. The van der Waals surface area contributed by atoms with Gasteiger partial charge in [-0.15, -0.1) is 0 Å². The van der Waals surface area contributed by atoms with E-state index in [9.17, 15) is 0 Å². The molecule has 1 heterocycles. The summed E-state index contributed by atoms with van der Waals surface area (Å²) < 4.78 is 5.67. The van der Waals surface area contributed by atoms with E-state index >= 15 is 0 Å². The molecule has 1 fully saturated rings. The van der Waals surface area contributed by atoms with Gasteiger partial charge in [0.25, 0.3) is 0 Å². The first-order chi connectivity index (χ1) is 4.83. The lowest BCUT2D eigenvalue weighted by Crippen LogP contribution is -2.37. The maximum atomic E-state index is 5.67. The summed E-state index contributed by atoms with van der Waals surface area (Å²) in [6, 6.07) is 0. The molecule has 1 saturated heterocycles. The van der Waals surface area contributed by atoms with Gasteiger partial charge in [-0.25, -0.2) is 0 Å². The zero-order chi connectivity index (χ0) is 7.45. The van der Waals surface area contributed by atoms with Crippen LogP contribution in [-0.4, -0.2) is 25.8 Å². The topological polar surface area (TPSA) is 21.3 Å². The number of nitrogens with one attached hydrogen (secondary N) is 1. The van der Waals surface area contributed by atoms with Gasteiger partial charge in [-0.1, -0.05) is 6.92 Å². The van der Waals surface area contributed by atoms with Crippen LogP contribution < -0.4 is 5.32 Å². The normalized spacial score (nSPS) is 33.0. The molecule has 0 aromatic carbocycles. The Morgan fingerprint density at radius 2 is 2.40 bits per heavy atom. The van der Waals surface area contributed by atoms with E-state index < -0.39 is 0 Å². The largest absolute Gasteiger partial charge is 0.374 e. The molecule has 1 aliphatic heterocycles. The number of likely N-dealkylation sites (N-methyl/N-ethyl adjacent to an activating group) is 1. The summed E-state index contributed by atoms with van der Waals surface area (Å²) in [7, 11) is 1.99. The minimum Gasteiger partial charge on any atom is -0.374 e. The highest BCUT2D eigenvalue weighted by molar-refractivity contribution is 4.85. The van der Waals surface area contributed by atoms with Crippen LogP contribution >= 0.6 is 0 Å². The summed E-state index contributed by atoms with van der Waals surface area (Å²) in [5.41, 5.74) is 0.175. The van der Waals surface area contributed by atoms with Crippen molar-refractivity contribution in [1.82, 2.24) is 5.32 Å². The highest BCUT2D eigenvalue weighted by Gasteiger charge is 2.31. The van der Waals surface area contributed by atoms with Gasteiger partial charge in [0.2, 0.25) is 0 Å². The van der Waals surface area contributed by atoms with Gasteiger partial charge in [-0.3, -0.25) is 0 Å². The average molecular weight is 143 g/mol. The molecule has 0 aromatic heterocycles. The summed E-state index contributed by atoms with van der Waals surface area (Å²) in [6.45, 7) is 4.15. The highest BCUT2D eigenvalue weighted by atomic mass is 16.5. The zero-order valence-corrected chi connectivity index (χ0v) is 6.94. The fraction of sp³-hybridized carbons (Fsp3) is 1.00. The first-order valence-electron chi connectivity index (χ1n) is 4.11. The van der Waals surface area contributed by atoms with Crippen LogP contribution in [0.25, 0.3) is 0 Å². The van der Waals surface area contributed by atoms with Crippen LogP contribution in [0.3, 0.4) is 0 Å². The van der Waals surface area contributed by atoms with Crippen molar-refractivity contribution < 1.29 is 4.74 Å². The number of rotatable bonds is 3. The maximum Gasteiger partial charge on any atom is 0.0804 e. The summed E-state index contributed by atoms with van der Waals surface area (Å²) in [6.07, 6.45) is 3.59. The van der Waals surface area contributed by atoms with Crippen LogP contribution in [0.15, 0.2) is 0 Å². The Bertz CT molecular complexity index is 97.4. The van der Waals surface area contributed by atoms with E-state index in [1.165, 1.54) is 12.8 Å². The lowest BCUT2D eigenvalue weighted by molar-refractivity contribution is 0.00337. The third-order valence-corrected chi connectivity index (χ3v) is 2.33. The number of hydrogen-bond donors (Lipinski definition) is 1. The van der Waals surface area contributed by atoms with Gasteiger partial charge >= 0.3 is 0 Å². The summed E-state index contributed by atoms with van der Waals surface area (Å²) in [5.74, 6) is 0. The van der Waals surface area contributed by atoms with E-state index in [0.717, 1.165) is 19.6 Å². The van der Waals surface area contributed by atoms with E-state index in [1.54, 1.807) is 0 Å². The van der Waals surface area contributed by atoms with Crippen LogP contribution in [0.1, 0.15) is 26.2 Å². The molecule has 1 aliphatic rings. The SMILES string of the molecule is CCC1(CNC)CCCO1. The molecule has 1 N–H and O–H groups in total. The van der Waals surface area contributed by atoms with Crippen LogP contribution in [0.4, 0.5) is 0 Å². The Hall–Kier alpha value is -0.0800.